The fourth-order valence-electron chi connectivity index (χ4n) is 1.97. The maximum atomic E-state index is 12.0. The molecule has 0 aliphatic carbocycles. The second-order valence-electron chi connectivity index (χ2n) is 5.66. The molecule has 0 spiro atoms. The molecule has 7 heteroatoms. The standard InChI is InChI=1S/C17H26IN2O4/c1-13(21)23-16(18-2)14-7-9-15(10-8-14)24-17(22)20(5)12-6-11-19(3)4/h7-10,16H,6,11-12H2,1-5H3/q-1. The van der Waals surface area contributed by atoms with E-state index in [9.17, 15) is 9.59 Å². The second kappa shape index (κ2) is 10.5. The Morgan fingerprint density at radius 1 is 1.12 bits per heavy atom. The van der Waals surface area contributed by atoms with Gasteiger partial charge in [-0.2, -0.15) is 0 Å². The minimum absolute atomic E-state index is 0.167. The van der Waals surface area contributed by atoms with E-state index >= 15 is 0 Å². The molecule has 0 radical (unpaired) electrons. The van der Waals surface area contributed by atoms with Gasteiger partial charge in [0.1, 0.15) is 0 Å². The fraction of sp³-hybridized carbons (Fsp3) is 0.529. The van der Waals surface area contributed by atoms with Gasteiger partial charge in [-0.3, -0.25) is 0 Å². The molecule has 0 saturated carbocycles. The molecule has 1 amide bonds. The molecule has 0 aromatic heterocycles. The summed E-state index contributed by atoms with van der Waals surface area (Å²) >= 11 is -0.284. The molecule has 6 nitrogen and oxygen atoms in total. The number of hydrogen-bond acceptors (Lipinski definition) is 5. The summed E-state index contributed by atoms with van der Waals surface area (Å²) in [5.41, 5.74) is 0.930. The number of ether oxygens (including phenoxy) is 2. The number of benzene rings is 1. The molecule has 24 heavy (non-hydrogen) atoms. The number of amides is 1. The van der Waals surface area contributed by atoms with E-state index in [1.54, 1.807) is 24.1 Å². The summed E-state index contributed by atoms with van der Waals surface area (Å²) in [4.78, 5) is 28.9. The van der Waals surface area contributed by atoms with Crippen LogP contribution < -0.4 is 25.9 Å². The SMILES string of the molecule is C[I-]C(OC(C)=O)c1ccc(OC(=O)N(C)CCCN(C)C)cc1. The summed E-state index contributed by atoms with van der Waals surface area (Å²) in [6.45, 7) is 2.97. The van der Waals surface area contributed by atoms with E-state index in [4.69, 9.17) is 9.47 Å². The Hall–Kier alpha value is -1.35. The third kappa shape index (κ3) is 7.48. The van der Waals surface area contributed by atoms with E-state index < -0.39 is 0 Å². The average Bonchev–Trinajstić information content (AvgIpc) is 2.52. The van der Waals surface area contributed by atoms with Gasteiger partial charge in [0.2, 0.25) is 0 Å². The van der Waals surface area contributed by atoms with Crippen molar-refractivity contribution in [3.8, 4) is 5.75 Å². The first kappa shape index (κ1) is 20.7. The molecule has 0 heterocycles. The van der Waals surface area contributed by atoms with E-state index in [1.165, 1.54) is 6.92 Å². The summed E-state index contributed by atoms with van der Waals surface area (Å²) in [6.07, 6.45) is 0.517. The number of carbonyl (C=O) groups is 2. The molecule has 0 aliphatic rings. The van der Waals surface area contributed by atoms with Gasteiger partial charge in [0.15, 0.2) is 0 Å². The zero-order chi connectivity index (χ0) is 18.1. The number of alkyl halides is 2. The second-order valence-corrected chi connectivity index (χ2v) is 8.04. The van der Waals surface area contributed by atoms with Crippen molar-refractivity contribution in [3.05, 3.63) is 29.8 Å². The Labute approximate surface area is 154 Å². The first-order valence-corrected chi connectivity index (χ1v) is 11.1. The van der Waals surface area contributed by atoms with Crippen LogP contribution in [0.25, 0.3) is 0 Å². The number of halogens is 1. The van der Waals surface area contributed by atoms with Gasteiger partial charge in [0, 0.05) is 0 Å². The molecule has 1 atom stereocenters. The van der Waals surface area contributed by atoms with Gasteiger partial charge in [-0.15, -0.1) is 0 Å². The van der Waals surface area contributed by atoms with Crippen molar-refractivity contribution >= 4 is 12.1 Å². The Kier molecular flexibility index (Phi) is 9.05. The van der Waals surface area contributed by atoms with Crippen LogP contribution in [0.5, 0.6) is 5.75 Å². The Morgan fingerprint density at radius 2 is 1.75 bits per heavy atom. The zero-order valence-electron chi connectivity index (χ0n) is 14.9. The summed E-state index contributed by atoms with van der Waals surface area (Å²) in [7, 11) is 5.73. The first-order chi connectivity index (χ1) is 11.3. The normalized spacial score (nSPS) is 12.1. The van der Waals surface area contributed by atoms with Crippen molar-refractivity contribution in [2.45, 2.75) is 17.5 Å². The van der Waals surface area contributed by atoms with E-state index in [1.807, 2.05) is 26.2 Å². The molecule has 0 fully saturated rings. The predicted molar refractivity (Wildman–Crippen MR) is 88.7 cm³/mol. The third-order valence-corrected chi connectivity index (χ3v) is 5.33. The van der Waals surface area contributed by atoms with Crippen LogP contribution in [-0.4, -0.2) is 61.0 Å². The average molecular weight is 449 g/mol. The molecule has 1 unspecified atom stereocenters. The summed E-state index contributed by atoms with van der Waals surface area (Å²) in [5.74, 6) is 0.204. The predicted octanol–water partition coefficient (Wildman–Crippen LogP) is -0.651. The number of carbonyl (C=O) groups excluding carboxylic acids is 2. The minimum atomic E-state index is -0.374. The molecule has 1 rings (SSSR count). The van der Waals surface area contributed by atoms with Crippen molar-refractivity contribution in [2.24, 2.45) is 0 Å². The van der Waals surface area contributed by atoms with Crippen LogP contribution in [0.3, 0.4) is 0 Å². The van der Waals surface area contributed by atoms with Gasteiger partial charge in [-0.25, -0.2) is 0 Å². The summed E-state index contributed by atoms with van der Waals surface area (Å²) < 4.78 is 10.5. The summed E-state index contributed by atoms with van der Waals surface area (Å²) in [6, 6.07) is 7.14. The molecule has 1 aromatic carbocycles. The number of rotatable bonds is 8. The van der Waals surface area contributed by atoms with Crippen LogP contribution in [0.1, 0.15) is 23.0 Å². The molecule has 1 aromatic rings. The Balaban J connectivity index is 2.56. The molecule has 0 aliphatic heterocycles. The van der Waals surface area contributed by atoms with Crippen LogP contribution in [0.4, 0.5) is 4.79 Å². The Morgan fingerprint density at radius 3 is 2.25 bits per heavy atom. The van der Waals surface area contributed by atoms with Crippen molar-refractivity contribution < 1.29 is 40.3 Å². The van der Waals surface area contributed by atoms with Gasteiger partial charge in [0.25, 0.3) is 0 Å². The van der Waals surface area contributed by atoms with Crippen LogP contribution in [-0.2, 0) is 9.53 Å². The molecule has 0 N–H and O–H groups in total. The zero-order valence-corrected chi connectivity index (χ0v) is 17.1. The quantitative estimate of drug-likeness (QED) is 0.300. The van der Waals surface area contributed by atoms with Gasteiger partial charge < -0.3 is 0 Å². The van der Waals surface area contributed by atoms with Crippen molar-refractivity contribution in [1.82, 2.24) is 9.80 Å². The molecular weight excluding hydrogens is 423 g/mol. The summed E-state index contributed by atoms with van der Waals surface area (Å²) in [5, 5.41) is 0. The maximum absolute atomic E-state index is 12.0. The third-order valence-electron chi connectivity index (χ3n) is 3.23. The Bertz CT molecular complexity index is 534. The number of nitrogens with zero attached hydrogens (tertiary/aromatic N) is 2. The van der Waals surface area contributed by atoms with Crippen LogP contribution in [0.15, 0.2) is 24.3 Å². The van der Waals surface area contributed by atoms with Gasteiger partial charge in [0.05, 0.1) is 0 Å². The van der Waals surface area contributed by atoms with E-state index in [0.717, 1.165) is 18.5 Å². The molecular formula is C17H26IN2O4-. The van der Waals surface area contributed by atoms with Crippen LogP contribution >= 0.6 is 0 Å². The van der Waals surface area contributed by atoms with E-state index in [2.05, 4.69) is 9.83 Å². The van der Waals surface area contributed by atoms with Gasteiger partial charge in [-0.1, -0.05) is 0 Å². The fourth-order valence-corrected chi connectivity index (χ4v) is 3.71. The van der Waals surface area contributed by atoms with Crippen LogP contribution in [0, 0.1) is 0 Å². The number of esters is 1. The molecule has 136 valence electrons. The topological polar surface area (TPSA) is 59.1 Å². The van der Waals surface area contributed by atoms with Gasteiger partial charge in [-0.05, 0) is 14.1 Å². The van der Waals surface area contributed by atoms with Crippen LogP contribution in [0.2, 0.25) is 0 Å². The van der Waals surface area contributed by atoms with Crippen molar-refractivity contribution in [3.63, 3.8) is 0 Å². The van der Waals surface area contributed by atoms with E-state index in [0.29, 0.717) is 12.3 Å². The first-order valence-electron chi connectivity index (χ1n) is 7.66. The molecule has 0 saturated heterocycles. The van der Waals surface area contributed by atoms with Crippen molar-refractivity contribution in [1.29, 1.82) is 0 Å². The van der Waals surface area contributed by atoms with Crippen molar-refractivity contribution in [2.75, 3.05) is 39.2 Å². The van der Waals surface area contributed by atoms with E-state index in [-0.39, 0.29) is 37.4 Å². The monoisotopic (exact) mass is 449 g/mol. The van der Waals surface area contributed by atoms with Gasteiger partial charge >= 0.3 is 140 Å². The molecule has 0 bridgehead atoms. The number of hydrogen-bond donors (Lipinski definition) is 0.